The lowest BCUT2D eigenvalue weighted by atomic mass is 9.57. The van der Waals surface area contributed by atoms with E-state index in [0.29, 0.717) is 10.8 Å². The van der Waals surface area contributed by atoms with Gasteiger partial charge in [-0.2, -0.15) is 5.26 Å². The summed E-state index contributed by atoms with van der Waals surface area (Å²) in [6.45, 7) is 14.6. The van der Waals surface area contributed by atoms with Crippen LogP contribution in [0.3, 0.4) is 0 Å². The first-order valence-electron chi connectivity index (χ1n) is 9.11. The van der Waals surface area contributed by atoms with Crippen molar-refractivity contribution in [2.75, 3.05) is 6.54 Å². The Labute approximate surface area is 138 Å². The molecule has 1 saturated carbocycles. The normalized spacial score (nSPS) is 31.7. The van der Waals surface area contributed by atoms with Crippen LogP contribution in [0.15, 0.2) is 0 Å². The van der Waals surface area contributed by atoms with E-state index in [2.05, 4.69) is 47.6 Å². The second-order valence-electron chi connectivity index (χ2n) is 9.69. The minimum absolute atomic E-state index is 0.190. The van der Waals surface area contributed by atoms with Crippen molar-refractivity contribution in [3.8, 4) is 6.07 Å². The third kappa shape index (κ3) is 4.72. The summed E-state index contributed by atoms with van der Waals surface area (Å²) in [5, 5.41) is 9.42. The Morgan fingerprint density at radius 1 is 0.955 bits per heavy atom. The molecule has 128 valence electrons. The molecule has 2 unspecified atom stereocenters. The molecular formula is C20H38N2. The number of nitrogens with zero attached hydrogens (tertiary/aromatic N) is 1. The van der Waals surface area contributed by atoms with Crippen LogP contribution in [0.25, 0.3) is 0 Å². The summed E-state index contributed by atoms with van der Waals surface area (Å²) in [7, 11) is 0. The van der Waals surface area contributed by atoms with Crippen LogP contribution < -0.4 is 5.73 Å². The molecule has 0 spiro atoms. The molecule has 1 fully saturated rings. The maximum atomic E-state index is 9.42. The predicted molar refractivity (Wildman–Crippen MR) is 95.4 cm³/mol. The minimum atomic E-state index is -0.239. The summed E-state index contributed by atoms with van der Waals surface area (Å²) in [4.78, 5) is 0. The summed E-state index contributed by atoms with van der Waals surface area (Å²) in [5.74, 6) is 0. The Bertz CT molecular complexity index is 404. The van der Waals surface area contributed by atoms with Crippen LogP contribution in [-0.2, 0) is 0 Å². The molecule has 22 heavy (non-hydrogen) atoms. The lowest BCUT2D eigenvalue weighted by molar-refractivity contribution is 0.0303. The van der Waals surface area contributed by atoms with E-state index in [1.807, 2.05) is 0 Å². The highest BCUT2D eigenvalue weighted by Gasteiger charge is 2.44. The van der Waals surface area contributed by atoms with Crippen molar-refractivity contribution >= 4 is 0 Å². The van der Waals surface area contributed by atoms with Gasteiger partial charge in [0.15, 0.2) is 0 Å². The molecule has 0 aromatic heterocycles. The smallest absolute Gasteiger partial charge is 0.0684 e. The number of rotatable bonds is 4. The Hall–Kier alpha value is -0.550. The van der Waals surface area contributed by atoms with Crippen molar-refractivity contribution in [2.24, 2.45) is 27.4 Å². The van der Waals surface area contributed by atoms with Gasteiger partial charge in [0.05, 0.1) is 11.5 Å². The van der Waals surface area contributed by atoms with Crippen LogP contribution in [0, 0.1) is 33.0 Å². The summed E-state index contributed by atoms with van der Waals surface area (Å²) in [5.41, 5.74) is 6.63. The lowest BCUT2D eigenvalue weighted by Gasteiger charge is -2.47. The molecule has 0 aromatic rings. The van der Waals surface area contributed by atoms with Crippen LogP contribution in [0.5, 0.6) is 0 Å². The zero-order chi connectivity index (χ0) is 17.1. The van der Waals surface area contributed by atoms with Crippen molar-refractivity contribution in [1.29, 1.82) is 5.26 Å². The van der Waals surface area contributed by atoms with Crippen LogP contribution in [0.4, 0.5) is 0 Å². The van der Waals surface area contributed by atoms with Crippen molar-refractivity contribution in [3.05, 3.63) is 0 Å². The first-order valence-corrected chi connectivity index (χ1v) is 9.11. The van der Waals surface area contributed by atoms with E-state index in [4.69, 9.17) is 5.73 Å². The van der Waals surface area contributed by atoms with E-state index in [0.717, 1.165) is 13.0 Å². The fourth-order valence-corrected chi connectivity index (χ4v) is 4.46. The average Bonchev–Trinajstić information content (AvgIpc) is 2.49. The highest BCUT2D eigenvalue weighted by atomic mass is 14.6. The van der Waals surface area contributed by atoms with E-state index in [1.165, 1.54) is 44.9 Å². The molecule has 1 rings (SSSR count). The summed E-state index contributed by atoms with van der Waals surface area (Å²) in [6.07, 6.45) is 9.88. The SMILES string of the molecule is CC(C)(C#N)CC(C)(C)C1(C)CCCCC(C)(CN)CCC1. The topological polar surface area (TPSA) is 49.8 Å². The molecule has 2 atom stereocenters. The van der Waals surface area contributed by atoms with E-state index in [9.17, 15) is 5.26 Å². The lowest BCUT2D eigenvalue weighted by Crippen LogP contribution is -2.38. The highest BCUT2D eigenvalue weighted by Crippen LogP contribution is 2.53. The van der Waals surface area contributed by atoms with Gasteiger partial charge < -0.3 is 5.73 Å². The molecule has 0 heterocycles. The van der Waals surface area contributed by atoms with Crippen LogP contribution in [0.1, 0.15) is 92.9 Å². The van der Waals surface area contributed by atoms with Gasteiger partial charge in [-0.05, 0) is 68.7 Å². The van der Waals surface area contributed by atoms with E-state index >= 15 is 0 Å². The van der Waals surface area contributed by atoms with Gasteiger partial charge in [0.25, 0.3) is 0 Å². The van der Waals surface area contributed by atoms with Gasteiger partial charge >= 0.3 is 0 Å². The number of nitriles is 1. The fraction of sp³-hybridized carbons (Fsp3) is 0.950. The first kappa shape index (κ1) is 19.5. The van der Waals surface area contributed by atoms with Crippen molar-refractivity contribution < 1.29 is 0 Å². The monoisotopic (exact) mass is 306 g/mol. The molecule has 2 N–H and O–H groups in total. The largest absolute Gasteiger partial charge is 0.330 e. The summed E-state index contributed by atoms with van der Waals surface area (Å²) < 4.78 is 0. The molecule has 1 aliphatic rings. The first-order chi connectivity index (χ1) is 9.99. The van der Waals surface area contributed by atoms with Gasteiger partial charge in [-0.25, -0.2) is 0 Å². The fourth-order valence-electron chi connectivity index (χ4n) is 4.46. The maximum Gasteiger partial charge on any atom is 0.0684 e. The Kier molecular flexibility index (Phi) is 6.13. The van der Waals surface area contributed by atoms with Crippen LogP contribution in [-0.4, -0.2) is 6.54 Å². The Balaban J connectivity index is 2.89. The van der Waals surface area contributed by atoms with Crippen molar-refractivity contribution in [2.45, 2.75) is 92.9 Å². The molecule has 0 amide bonds. The standard InChI is InChI=1S/C20H38N2/c1-17(2,15-21)14-18(3,4)20(6)12-8-7-10-19(5,16-22)11-9-13-20/h7-14,16,22H2,1-6H3. The molecule has 1 aliphatic carbocycles. The molecular weight excluding hydrogens is 268 g/mol. The van der Waals surface area contributed by atoms with Gasteiger partial charge in [0.2, 0.25) is 0 Å². The number of hydrogen-bond donors (Lipinski definition) is 1. The molecule has 2 nitrogen and oxygen atoms in total. The molecule has 0 radical (unpaired) electrons. The quantitative estimate of drug-likeness (QED) is 0.727. The third-order valence-corrected chi connectivity index (χ3v) is 6.58. The molecule has 2 heteroatoms. The molecule has 0 bridgehead atoms. The van der Waals surface area contributed by atoms with Gasteiger partial charge in [0.1, 0.15) is 0 Å². The van der Waals surface area contributed by atoms with E-state index < -0.39 is 0 Å². The summed E-state index contributed by atoms with van der Waals surface area (Å²) >= 11 is 0. The van der Waals surface area contributed by atoms with Gasteiger partial charge in [-0.3, -0.25) is 0 Å². The van der Waals surface area contributed by atoms with E-state index in [1.54, 1.807) is 0 Å². The zero-order valence-corrected chi connectivity index (χ0v) is 15.9. The van der Waals surface area contributed by atoms with Gasteiger partial charge in [-0.1, -0.05) is 47.0 Å². The summed E-state index contributed by atoms with van der Waals surface area (Å²) in [6, 6.07) is 2.50. The highest BCUT2D eigenvalue weighted by molar-refractivity contribution is 5.00. The number of hydrogen-bond acceptors (Lipinski definition) is 2. The van der Waals surface area contributed by atoms with E-state index in [-0.39, 0.29) is 10.8 Å². The predicted octanol–water partition coefficient (Wildman–Crippen LogP) is 5.67. The minimum Gasteiger partial charge on any atom is -0.330 e. The number of nitrogens with two attached hydrogens (primary N) is 1. The second-order valence-corrected chi connectivity index (χ2v) is 9.69. The van der Waals surface area contributed by atoms with Crippen molar-refractivity contribution in [1.82, 2.24) is 0 Å². The third-order valence-electron chi connectivity index (χ3n) is 6.58. The Morgan fingerprint density at radius 3 is 2.00 bits per heavy atom. The van der Waals surface area contributed by atoms with Crippen LogP contribution >= 0.6 is 0 Å². The molecule has 0 aliphatic heterocycles. The van der Waals surface area contributed by atoms with Crippen molar-refractivity contribution in [3.63, 3.8) is 0 Å². The van der Waals surface area contributed by atoms with Crippen LogP contribution in [0.2, 0.25) is 0 Å². The second kappa shape index (κ2) is 6.91. The molecule has 0 aromatic carbocycles. The molecule has 0 saturated heterocycles. The zero-order valence-electron chi connectivity index (χ0n) is 15.9. The van der Waals surface area contributed by atoms with Gasteiger partial charge in [-0.15, -0.1) is 0 Å². The van der Waals surface area contributed by atoms with Gasteiger partial charge in [0, 0.05) is 0 Å². The Morgan fingerprint density at radius 2 is 1.45 bits per heavy atom. The maximum absolute atomic E-state index is 9.42. The average molecular weight is 307 g/mol.